The zero-order valence-electron chi connectivity index (χ0n) is 48.2. The fourth-order valence-electron chi connectivity index (χ4n) is 13.4. The summed E-state index contributed by atoms with van der Waals surface area (Å²) in [5, 5.41) is 16.4. The van der Waals surface area contributed by atoms with Gasteiger partial charge in [-0.25, -0.2) is 14.6 Å². The lowest BCUT2D eigenvalue weighted by atomic mass is 9.69. The minimum atomic E-state index is -1.38. The number of ketones is 1. The number of aromatic nitrogens is 1. The fourth-order valence-corrected chi connectivity index (χ4v) is 13.6. The number of halogens is 1. The molecule has 6 aliphatic heterocycles. The number of nitrogens with zero attached hydrogens (tertiary/aromatic N) is 2. The van der Waals surface area contributed by atoms with Gasteiger partial charge in [0.15, 0.2) is 30.4 Å². The number of esters is 2. The predicted octanol–water partition coefficient (Wildman–Crippen LogP) is 5.75. The van der Waals surface area contributed by atoms with E-state index in [1.54, 1.807) is 51.3 Å². The number of aromatic carboxylic acids is 1. The molecular weight excluding hydrogens is 1060 g/mol. The molecule has 7 heterocycles. The Labute approximate surface area is 471 Å². The molecule has 22 nitrogen and oxygen atoms in total. The fraction of sp³-hybridized carbons (Fsp3) is 0.754. The van der Waals surface area contributed by atoms with Crippen LogP contribution in [-0.4, -0.2) is 175 Å². The van der Waals surface area contributed by atoms with Gasteiger partial charge in [-0.05, 0) is 99.9 Å². The summed E-state index contributed by atoms with van der Waals surface area (Å²) in [6.07, 6.45) is -3.31. The van der Waals surface area contributed by atoms with Crippen LogP contribution in [0.3, 0.4) is 0 Å². The van der Waals surface area contributed by atoms with Gasteiger partial charge in [0.1, 0.15) is 34.3 Å². The van der Waals surface area contributed by atoms with E-state index in [2.05, 4.69) is 10.6 Å². The first-order chi connectivity index (χ1) is 37.7. The molecule has 2 aromatic rings. The van der Waals surface area contributed by atoms with E-state index in [9.17, 15) is 33.9 Å². The van der Waals surface area contributed by atoms with Crippen molar-refractivity contribution in [2.24, 2.45) is 23.7 Å². The highest BCUT2D eigenvalue weighted by atomic mass is 35.5. The molecular formula is C57H81ClN4O18. The highest BCUT2D eigenvalue weighted by Crippen LogP contribution is 2.60. The van der Waals surface area contributed by atoms with Gasteiger partial charge in [0, 0.05) is 61.5 Å². The molecule has 19 atom stereocenters. The lowest BCUT2D eigenvalue weighted by Gasteiger charge is -2.48. The van der Waals surface area contributed by atoms with Crippen LogP contribution in [0.4, 0.5) is 5.69 Å². The maximum atomic E-state index is 14.8. The van der Waals surface area contributed by atoms with Crippen LogP contribution in [0, 0.1) is 23.7 Å². The third-order valence-electron chi connectivity index (χ3n) is 18.2. The van der Waals surface area contributed by atoms with E-state index in [1.165, 1.54) is 13.3 Å². The molecule has 3 N–H and O–H groups in total. The number of amides is 1. The highest BCUT2D eigenvalue weighted by Gasteiger charge is 2.84. The number of Topliss-reactive ketones (excluding diaryl/α,β-unsaturated/α-hetero) is 1. The molecule has 1 saturated carbocycles. The summed E-state index contributed by atoms with van der Waals surface area (Å²) in [6, 6.07) is 2.48. The monoisotopic (exact) mass is 1140 g/mol. The second-order valence-electron chi connectivity index (χ2n) is 24.2. The normalized spacial score (nSPS) is 40.3. The maximum Gasteiger partial charge on any atom is 0.341 e. The Hall–Kier alpha value is -4.33. The number of hydrogen-bond acceptors (Lipinski definition) is 19. The molecule has 1 spiro atoms. The van der Waals surface area contributed by atoms with Crippen molar-refractivity contribution in [1.82, 2.24) is 14.8 Å². The first-order valence-electron chi connectivity index (χ1n) is 28.3. The molecule has 23 heteroatoms. The smallest absolute Gasteiger partial charge is 0.341 e. The van der Waals surface area contributed by atoms with Crippen LogP contribution in [-0.2, 0) is 71.6 Å². The maximum absolute atomic E-state index is 14.8. The van der Waals surface area contributed by atoms with Crippen LogP contribution in [0.15, 0.2) is 23.1 Å². The molecule has 1 aromatic heterocycles. The molecule has 3 unspecified atom stereocenters. The second kappa shape index (κ2) is 23.0. The van der Waals surface area contributed by atoms with Gasteiger partial charge in [0.2, 0.25) is 5.43 Å². The summed E-state index contributed by atoms with van der Waals surface area (Å²) < 4.78 is 59.7. The van der Waals surface area contributed by atoms with Crippen molar-refractivity contribution in [1.29, 1.82) is 0 Å². The summed E-state index contributed by atoms with van der Waals surface area (Å²) in [5.74, 6) is -6.07. The van der Waals surface area contributed by atoms with Gasteiger partial charge in [-0.1, -0.05) is 39.3 Å². The molecule has 0 radical (unpaired) electrons. The Morgan fingerprint density at radius 2 is 1.70 bits per heavy atom. The molecule has 9 rings (SSSR count). The molecule has 6 saturated heterocycles. The number of hydrogen-bond donors (Lipinski definition) is 3. The number of cyclic esters (lactones) is 1. The number of pyridine rings is 1. The number of carboxylic acid groups (broad SMARTS) is 1. The van der Waals surface area contributed by atoms with Gasteiger partial charge >= 0.3 is 17.9 Å². The second-order valence-corrected chi connectivity index (χ2v) is 24.6. The van der Waals surface area contributed by atoms with Crippen LogP contribution in [0.25, 0.3) is 10.9 Å². The van der Waals surface area contributed by atoms with Crippen molar-refractivity contribution in [3.8, 4) is 0 Å². The average Bonchev–Trinajstić information content (AvgIpc) is 4.49. The molecule has 1 aromatic carbocycles. The zero-order valence-corrected chi connectivity index (χ0v) is 49.0. The van der Waals surface area contributed by atoms with Crippen molar-refractivity contribution in [3.63, 3.8) is 0 Å². The number of anilines is 1. The number of ether oxygens (including phenoxy) is 9. The first kappa shape index (κ1) is 60.3. The van der Waals surface area contributed by atoms with Crippen LogP contribution in [0.2, 0.25) is 5.02 Å². The topological polar surface area (TPSA) is 260 Å². The number of carboxylic acids is 1. The standard InChI is InChI=1S/C57H81ClN4O18/c1-14-40-56(10)57(79-56)47(60-53(57)69)29(4)43(64)27(2)24-55(9)48(77-52-46(78-80-55)39(61(11)12)21-28(3)72-52)30(5)45(31(6)51(68)74-40)76-42-25-54(8,70-13)49(32(7)73-42)75-41(63)17-19-71-20-18-59-37-22-34-38(23-36(37)58)62(33-15-16-33)26-35(44(34)65)50(66)67/h22-23,26-33,39-40,42,45-49,52,59H,14-21,24-25H2,1-13H3,(H,60,69)(H,66,67)/t27-,28?,29-,30+,31+,32-,39-,40-,42+,45+,46-,47+,48-,49+,52-,54+,55?,56?,57-/m0/s1. The van der Waals surface area contributed by atoms with Crippen LogP contribution < -0.4 is 16.1 Å². The van der Waals surface area contributed by atoms with Gasteiger partial charge in [-0.2, -0.15) is 0 Å². The van der Waals surface area contributed by atoms with Gasteiger partial charge < -0.3 is 67.8 Å². The summed E-state index contributed by atoms with van der Waals surface area (Å²) >= 11 is 6.63. The van der Waals surface area contributed by atoms with E-state index in [0.29, 0.717) is 29.1 Å². The van der Waals surface area contributed by atoms with Gasteiger partial charge in [0.25, 0.3) is 5.91 Å². The molecule has 7 fully saturated rings. The largest absolute Gasteiger partial charge is 0.477 e. The third-order valence-corrected chi connectivity index (χ3v) is 18.5. The van der Waals surface area contributed by atoms with Gasteiger partial charge in [0.05, 0.1) is 72.2 Å². The zero-order chi connectivity index (χ0) is 58.1. The molecule has 80 heavy (non-hydrogen) atoms. The number of nitrogens with one attached hydrogen (secondary N) is 2. The number of carbonyl (C=O) groups is 5. The average molecular weight is 1150 g/mol. The van der Waals surface area contributed by atoms with E-state index in [-0.39, 0.29) is 79.8 Å². The Balaban J connectivity index is 0.903. The molecule has 444 valence electrons. The van der Waals surface area contributed by atoms with Gasteiger partial charge in [-0.3, -0.25) is 24.0 Å². The van der Waals surface area contributed by atoms with E-state index in [1.807, 2.05) is 53.6 Å². The number of carbonyl (C=O) groups excluding carboxylic acids is 4. The van der Waals surface area contributed by atoms with Gasteiger partial charge in [-0.15, -0.1) is 0 Å². The molecule has 0 bridgehead atoms. The van der Waals surface area contributed by atoms with Crippen LogP contribution >= 0.6 is 11.6 Å². The lowest BCUT2D eigenvalue weighted by Crippen LogP contribution is -2.72. The minimum Gasteiger partial charge on any atom is -0.477 e. The Morgan fingerprint density at radius 3 is 2.35 bits per heavy atom. The number of benzene rings is 1. The van der Waals surface area contributed by atoms with Crippen LogP contribution in [0.5, 0.6) is 0 Å². The van der Waals surface area contributed by atoms with Crippen LogP contribution in [0.1, 0.15) is 131 Å². The van der Waals surface area contributed by atoms with Crippen molar-refractivity contribution in [3.05, 3.63) is 39.1 Å². The Kier molecular flexibility index (Phi) is 17.3. The third kappa shape index (κ3) is 11.0. The SMILES string of the molecule is CC[C@@H]1OC(=O)[C@H](C)[C@H](O[C@@H]2C[C@@](C)(OC)[C@H](OC(=O)CCOCCNc3cc4c(=O)c(C(=O)O)cn(C5CC5)c4cc3Cl)[C@H](C)O2)[C@@H](C)[C@@H]2O[C@@H]3OC(C)C[C@H](N(C)C)[C@@H]3OOC2(C)C[C@H](C)C(=O)[C@H](C)[C@H]2NC(=O)[C@@]23OC13C. The summed E-state index contributed by atoms with van der Waals surface area (Å²) in [4.78, 5) is 96.5. The lowest BCUT2D eigenvalue weighted by molar-refractivity contribution is -0.400. The summed E-state index contributed by atoms with van der Waals surface area (Å²) in [7, 11) is 5.41. The number of rotatable bonds is 15. The number of methoxy groups -OCH3 is 1. The number of fused-ring (bicyclic) bond motifs is 3. The van der Waals surface area contributed by atoms with Crippen molar-refractivity contribution >= 4 is 57.8 Å². The van der Waals surface area contributed by atoms with Crippen molar-refractivity contribution < 1.29 is 81.5 Å². The Morgan fingerprint density at radius 1 is 0.975 bits per heavy atom. The predicted molar refractivity (Wildman–Crippen MR) is 288 cm³/mol. The first-order valence-corrected chi connectivity index (χ1v) is 28.7. The Bertz CT molecular complexity index is 2760. The van der Waals surface area contributed by atoms with E-state index < -0.39 is 125 Å². The van der Waals surface area contributed by atoms with E-state index in [0.717, 1.165) is 12.8 Å². The minimum absolute atomic E-state index is 0.00808. The molecule has 7 aliphatic rings. The van der Waals surface area contributed by atoms with E-state index >= 15 is 0 Å². The van der Waals surface area contributed by atoms with Crippen molar-refractivity contribution in [2.75, 3.05) is 46.3 Å². The summed E-state index contributed by atoms with van der Waals surface area (Å²) in [6.45, 7) is 18.5. The highest BCUT2D eigenvalue weighted by molar-refractivity contribution is 6.34. The molecule has 1 aliphatic carbocycles. The quantitative estimate of drug-likeness (QED) is 0.0631. The van der Waals surface area contributed by atoms with Crippen molar-refractivity contribution in [2.45, 2.75) is 210 Å². The van der Waals surface area contributed by atoms with E-state index in [4.69, 9.17) is 64.0 Å². The summed E-state index contributed by atoms with van der Waals surface area (Å²) in [5.41, 5.74) is -5.04. The number of epoxide rings is 1. The molecule has 1 amide bonds. The number of β-lactam (4-membered cyclic amide) rings is 1. The number of likely N-dealkylation sites (N-methyl/N-ethyl adjacent to an activating group) is 1.